The number of hydrogen-bond acceptors (Lipinski definition) is 14. The first kappa shape index (κ1) is 61.6. The smallest absolute Gasteiger partial charge is 0.243 e. The third kappa shape index (κ3) is 22.2. The lowest BCUT2D eigenvalue weighted by molar-refractivity contribution is -0.136. The van der Waals surface area contributed by atoms with Crippen molar-refractivity contribution in [1.82, 2.24) is 47.9 Å². The summed E-state index contributed by atoms with van der Waals surface area (Å²) in [6.07, 6.45) is 0.0464. The van der Waals surface area contributed by atoms with E-state index in [1.807, 2.05) is 45.9 Å². The van der Waals surface area contributed by atoms with Crippen LogP contribution in [0.3, 0.4) is 0 Å². The Morgan fingerprint density at radius 2 is 1.03 bits per heavy atom. The zero-order chi connectivity index (χ0) is 54.6. The number of para-hydroxylation sites is 1. The first-order valence-corrected chi connectivity index (χ1v) is 25.6. The van der Waals surface area contributed by atoms with Gasteiger partial charge in [-0.1, -0.05) is 76.2 Å². The molecule has 1 aliphatic heterocycles. The summed E-state index contributed by atoms with van der Waals surface area (Å²) < 4.78 is 5.68. The molecule has 0 aliphatic carbocycles. The quantitative estimate of drug-likeness (QED) is 0.0567. The van der Waals surface area contributed by atoms with Crippen molar-refractivity contribution in [3.63, 3.8) is 0 Å². The second-order valence-corrected chi connectivity index (χ2v) is 19.2. The molecule has 74 heavy (non-hydrogen) atoms. The first-order chi connectivity index (χ1) is 35.4. The molecule has 23 nitrogen and oxygen atoms in total. The number of carbonyl (C=O) groups is 9. The molecule has 0 aromatic heterocycles. The molecule has 17 N–H and O–H groups in total. The van der Waals surface area contributed by atoms with E-state index in [4.69, 9.17) is 27.7 Å². The number of nitrogens with one attached hydrogen (secondary N) is 9. The number of benzene rings is 2. The summed E-state index contributed by atoms with van der Waals surface area (Å²) in [5, 5.41) is 24.3. The monoisotopic (exact) mass is 1040 g/mol. The maximum Gasteiger partial charge on any atom is 0.243 e. The average molecular weight is 1040 g/mol. The van der Waals surface area contributed by atoms with Crippen molar-refractivity contribution in [2.24, 2.45) is 34.8 Å². The molecule has 0 saturated carbocycles. The van der Waals surface area contributed by atoms with Crippen molar-refractivity contribution in [3.8, 4) is 5.75 Å². The lowest BCUT2D eigenvalue weighted by Crippen LogP contribution is -2.61. The molecule has 1 aliphatic rings. The number of nitrogens with two attached hydrogens (primary N) is 4. The molecule has 410 valence electrons. The van der Waals surface area contributed by atoms with Gasteiger partial charge in [0.1, 0.15) is 54.1 Å². The third-order valence-electron chi connectivity index (χ3n) is 11.9. The highest BCUT2D eigenvalue weighted by atomic mass is 16.5. The number of ether oxygens (including phenoxy) is 1. The fourth-order valence-electron chi connectivity index (χ4n) is 8.05. The SMILES string of the molecule is CC(C)C[C@@H]1NC(=O)[C@H](CCN)NC(=O)[C@H](CCN)NC(=O)[C@H](Cc2ccccc2)NC(=O)[C@@H](CC(C)C)NC(=O)[C@H](CCN)NC(=O)[C@@H](NC(=O)[C@@H](CCN)NC(=O)CCCOc2ccccc2)CCNC1=O. The van der Waals surface area contributed by atoms with Crippen molar-refractivity contribution in [2.75, 3.05) is 39.3 Å². The van der Waals surface area contributed by atoms with Crippen LogP contribution in [-0.2, 0) is 49.6 Å². The number of rotatable bonds is 22. The average Bonchev–Trinajstić information content (AvgIpc) is 3.35. The minimum absolute atomic E-state index is 0.00589. The Balaban J connectivity index is 2.05. The van der Waals surface area contributed by atoms with Gasteiger partial charge in [-0.25, -0.2) is 0 Å². The van der Waals surface area contributed by atoms with Crippen LogP contribution in [0.2, 0.25) is 0 Å². The standard InChI is InChI=1S/C51H81N13O10/c1-31(2)28-40-44(66)56-26-21-39(61-45(67)35(17-22-52)57-43(65)16-11-27-74-34-14-9-6-10-15-34)49(71)59-38(20-25-55)48(70)63-41(29-32(3)4)50(72)64-42(30-33-12-7-5-8-13-33)51(73)60-36(18-23-53)46(68)58-37(19-24-54)47(69)62-40/h5-10,12-15,31-32,35-42H,11,16-30,52-55H2,1-4H3,(H,56,66)(H,57,65)(H,58,68)(H,59,71)(H,60,73)(H,61,67)(H,62,69)(H,63,70)(H,64,72)/t35-,36+,37+,38+,39+,40+,41-,42+/m1/s1. The maximum absolute atomic E-state index is 14.3. The minimum Gasteiger partial charge on any atom is -0.494 e. The van der Waals surface area contributed by atoms with E-state index in [1.165, 1.54) is 0 Å². The van der Waals surface area contributed by atoms with Crippen LogP contribution in [0.15, 0.2) is 60.7 Å². The van der Waals surface area contributed by atoms with Crippen molar-refractivity contribution in [1.29, 1.82) is 0 Å². The van der Waals surface area contributed by atoms with E-state index < -0.39 is 101 Å². The molecule has 2 aromatic rings. The highest BCUT2D eigenvalue weighted by molar-refractivity contribution is 5.98. The van der Waals surface area contributed by atoms with Crippen LogP contribution in [0.1, 0.15) is 91.0 Å². The predicted molar refractivity (Wildman–Crippen MR) is 278 cm³/mol. The molecule has 1 heterocycles. The number of carbonyl (C=O) groups excluding carboxylic acids is 9. The molecule has 1 saturated heterocycles. The van der Waals surface area contributed by atoms with E-state index in [0.717, 1.165) is 0 Å². The van der Waals surface area contributed by atoms with Crippen molar-refractivity contribution in [2.45, 2.75) is 140 Å². The summed E-state index contributed by atoms with van der Waals surface area (Å²) in [6.45, 7) is 7.09. The van der Waals surface area contributed by atoms with Gasteiger partial charge in [0.05, 0.1) is 6.61 Å². The normalized spacial score (nSPS) is 22.5. The van der Waals surface area contributed by atoms with Crippen LogP contribution >= 0.6 is 0 Å². The Hall–Kier alpha value is -6.69. The van der Waals surface area contributed by atoms with Gasteiger partial charge in [-0.15, -0.1) is 0 Å². The van der Waals surface area contributed by atoms with E-state index in [-0.39, 0.29) is 109 Å². The van der Waals surface area contributed by atoms with Crippen molar-refractivity contribution in [3.05, 3.63) is 66.2 Å². The van der Waals surface area contributed by atoms with Gasteiger partial charge in [0, 0.05) is 19.4 Å². The van der Waals surface area contributed by atoms with Crippen LogP contribution in [0.25, 0.3) is 0 Å². The highest BCUT2D eigenvalue weighted by Gasteiger charge is 2.35. The van der Waals surface area contributed by atoms with Crippen LogP contribution in [-0.4, -0.2) is 141 Å². The van der Waals surface area contributed by atoms with E-state index in [0.29, 0.717) is 17.7 Å². The van der Waals surface area contributed by atoms with Gasteiger partial charge in [0.15, 0.2) is 0 Å². The van der Waals surface area contributed by atoms with Crippen molar-refractivity contribution >= 4 is 53.2 Å². The van der Waals surface area contributed by atoms with Gasteiger partial charge >= 0.3 is 0 Å². The van der Waals surface area contributed by atoms with Crippen LogP contribution < -0.4 is 75.5 Å². The van der Waals surface area contributed by atoms with Gasteiger partial charge in [-0.3, -0.25) is 43.2 Å². The molecule has 9 amide bonds. The molecular weight excluding hydrogens is 955 g/mol. The van der Waals surface area contributed by atoms with Gasteiger partial charge in [0.2, 0.25) is 53.2 Å². The predicted octanol–water partition coefficient (Wildman–Crippen LogP) is -2.03. The molecule has 1 fully saturated rings. The Morgan fingerprint density at radius 1 is 0.581 bits per heavy atom. The highest BCUT2D eigenvalue weighted by Crippen LogP contribution is 2.13. The van der Waals surface area contributed by atoms with Gasteiger partial charge in [-0.05, 0) is 107 Å². The summed E-state index contributed by atoms with van der Waals surface area (Å²) in [5.41, 5.74) is 24.3. The second kappa shape index (κ2) is 33.2. The van der Waals surface area contributed by atoms with E-state index in [9.17, 15) is 43.2 Å². The molecule has 8 atom stereocenters. The molecular formula is C51H81N13O10. The molecule has 3 rings (SSSR count). The van der Waals surface area contributed by atoms with Gasteiger partial charge in [-0.2, -0.15) is 0 Å². The lowest BCUT2D eigenvalue weighted by Gasteiger charge is -2.28. The Bertz CT molecular complexity index is 2120. The molecule has 23 heteroatoms. The van der Waals surface area contributed by atoms with Crippen LogP contribution in [0.5, 0.6) is 5.75 Å². The Kier molecular flexibility index (Phi) is 27.6. The summed E-state index contributed by atoms with van der Waals surface area (Å²) in [4.78, 5) is 126. The topological polar surface area (TPSA) is 375 Å². The molecule has 0 bridgehead atoms. The van der Waals surface area contributed by atoms with Gasteiger partial charge in [0.25, 0.3) is 0 Å². The molecule has 0 radical (unpaired) electrons. The minimum atomic E-state index is -1.44. The van der Waals surface area contributed by atoms with Crippen LogP contribution in [0.4, 0.5) is 0 Å². The van der Waals surface area contributed by atoms with E-state index in [2.05, 4.69) is 47.9 Å². The first-order valence-electron chi connectivity index (χ1n) is 25.6. The van der Waals surface area contributed by atoms with Crippen molar-refractivity contribution < 1.29 is 47.9 Å². The van der Waals surface area contributed by atoms with Gasteiger partial charge < -0.3 is 75.5 Å². The lowest BCUT2D eigenvalue weighted by atomic mass is 10.00. The summed E-state index contributed by atoms with van der Waals surface area (Å²) in [5.74, 6) is -6.24. The number of hydrogen-bond donors (Lipinski definition) is 13. The van der Waals surface area contributed by atoms with E-state index >= 15 is 0 Å². The molecule has 0 unspecified atom stereocenters. The summed E-state index contributed by atoms with van der Waals surface area (Å²) in [7, 11) is 0. The van der Waals surface area contributed by atoms with E-state index in [1.54, 1.807) is 42.5 Å². The molecule has 2 aromatic carbocycles. The Labute approximate surface area is 434 Å². The number of amides is 9. The largest absolute Gasteiger partial charge is 0.494 e. The zero-order valence-corrected chi connectivity index (χ0v) is 43.3. The zero-order valence-electron chi connectivity index (χ0n) is 43.3. The maximum atomic E-state index is 14.3. The fourth-order valence-corrected chi connectivity index (χ4v) is 8.05. The summed E-state index contributed by atoms with van der Waals surface area (Å²) >= 11 is 0. The fraction of sp³-hybridized carbons (Fsp3) is 0.588. The summed E-state index contributed by atoms with van der Waals surface area (Å²) in [6, 6.07) is 7.61. The molecule has 0 spiro atoms. The third-order valence-corrected chi connectivity index (χ3v) is 11.9. The Morgan fingerprint density at radius 3 is 1.53 bits per heavy atom. The second-order valence-electron chi connectivity index (χ2n) is 19.2. The van der Waals surface area contributed by atoms with Crippen LogP contribution in [0, 0.1) is 11.8 Å².